The number of nitrogens with two attached hydrogens (primary N) is 2. The van der Waals surface area contributed by atoms with Crippen molar-refractivity contribution in [1.29, 1.82) is 0 Å². The van der Waals surface area contributed by atoms with Gasteiger partial charge in [0.15, 0.2) is 0 Å². The van der Waals surface area contributed by atoms with Gasteiger partial charge in [0.05, 0.1) is 0 Å². The van der Waals surface area contributed by atoms with Gasteiger partial charge in [0, 0.05) is 26.9 Å². The van der Waals surface area contributed by atoms with Gasteiger partial charge < -0.3 is 11.5 Å². The molecule has 0 aromatic heterocycles. The van der Waals surface area contributed by atoms with E-state index in [1.807, 2.05) is 0 Å². The maximum Gasteiger partial charge on any atom is 0.248 e. The smallest absolute Gasteiger partial charge is 0.248 e. The van der Waals surface area contributed by atoms with Crippen LogP contribution in [0.3, 0.4) is 0 Å². The van der Waals surface area contributed by atoms with Crippen molar-refractivity contribution in [2.45, 2.75) is 10.6 Å². The SMILES string of the molecule is NC(=O)c1ccc(F)c(CSc2ccc(Cl)cc2N)c1. The highest BCUT2D eigenvalue weighted by atomic mass is 35.5. The highest BCUT2D eigenvalue weighted by Gasteiger charge is 2.09. The van der Waals surface area contributed by atoms with Crippen LogP contribution in [0.4, 0.5) is 10.1 Å². The topological polar surface area (TPSA) is 69.1 Å². The van der Waals surface area contributed by atoms with Gasteiger partial charge in [-0.25, -0.2) is 4.39 Å². The molecule has 20 heavy (non-hydrogen) atoms. The second-order valence-corrected chi connectivity index (χ2v) is 5.59. The molecule has 4 N–H and O–H groups in total. The molecule has 0 bridgehead atoms. The first-order valence-corrected chi connectivity index (χ1v) is 7.10. The number of carbonyl (C=O) groups is 1. The standard InChI is InChI=1S/C14H12ClFN2OS/c15-10-2-4-13(12(17)6-10)20-7-9-5-8(14(18)19)1-3-11(9)16/h1-6H,7,17H2,(H2,18,19). The molecule has 3 nitrogen and oxygen atoms in total. The predicted molar refractivity (Wildman–Crippen MR) is 80.3 cm³/mol. The normalized spacial score (nSPS) is 10.5. The van der Waals surface area contributed by atoms with E-state index in [0.717, 1.165) is 4.90 Å². The van der Waals surface area contributed by atoms with E-state index in [0.29, 0.717) is 22.0 Å². The zero-order chi connectivity index (χ0) is 14.7. The first-order chi connectivity index (χ1) is 9.47. The average molecular weight is 311 g/mol. The van der Waals surface area contributed by atoms with E-state index in [-0.39, 0.29) is 11.4 Å². The van der Waals surface area contributed by atoms with Gasteiger partial charge in [-0.15, -0.1) is 11.8 Å². The zero-order valence-electron chi connectivity index (χ0n) is 10.4. The molecule has 0 saturated carbocycles. The van der Waals surface area contributed by atoms with Crippen LogP contribution < -0.4 is 11.5 Å². The Labute approximate surface area is 125 Å². The minimum Gasteiger partial charge on any atom is -0.398 e. The molecule has 0 radical (unpaired) electrons. The number of rotatable bonds is 4. The number of nitrogen functional groups attached to an aromatic ring is 1. The second kappa shape index (κ2) is 6.15. The molecule has 0 aliphatic rings. The number of hydrogen-bond acceptors (Lipinski definition) is 3. The van der Waals surface area contributed by atoms with E-state index >= 15 is 0 Å². The number of primary amides is 1. The number of carbonyl (C=O) groups excluding carboxylic acids is 1. The number of benzene rings is 2. The van der Waals surface area contributed by atoms with Gasteiger partial charge in [0.2, 0.25) is 5.91 Å². The monoisotopic (exact) mass is 310 g/mol. The lowest BCUT2D eigenvalue weighted by molar-refractivity contribution is 0.1000. The summed E-state index contributed by atoms with van der Waals surface area (Å²) in [6, 6.07) is 9.19. The Bertz CT molecular complexity index is 664. The van der Waals surface area contributed by atoms with Crippen LogP contribution in [0.2, 0.25) is 5.02 Å². The molecule has 2 rings (SSSR count). The Kier molecular flexibility index (Phi) is 4.52. The molecular weight excluding hydrogens is 299 g/mol. The predicted octanol–water partition coefficient (Wildman–Crippen LogP) is 3.45. The molecule has 1 amide bonds. The number of anilines is 1. The van der Waals surface area contributed by atoms with Crippen molar-refractivity contribution in [2.75, 3.05) is 5.73 Å². The van der Waals surface area contributed by atoms with Crippen molar-refractivity contribution in [2.24, 2.45) is 5.73 Å². The van der Waals surface area contributed by atoms with Crippen molar-refractivity contribution in [1.82, 2.24) is 0 Å². The van der Waals surface area contributed by atoms with Crippen LogP contribution in [0, 0.1) is 5.82 Å². The number of amides is 1. The van der Waals surface area contributed by atoms with Crippen LogP contribution in [-0.4, -0.2) is 5.91 Å². The van der Waals surface area contributed by atoms with E-state index in [4.69, 9.17) is 23.1 Å². The van der Waals surface area contributed by atoms with Crippen molar-refractivity contribution in [3.63, 3.8) is 0 Å². The molecule has 0 aliphatic heterocycles. The summed E-state index contributed by atoms with van der Waals surface area (Å²) >= 11 is 7.18. The van der Waals surface area contributed by atoms with Gasteiger partial charge in [-0.2, -0.15) is 0 Å². The fourth-order valence-electron chi connectivity index (χ4n) is 1.64. The van der Waals surface area contributed by atoms with Gasteiger partial charge in [-0.3, -0.25) is 4.79 Å². The average Bonchev–Trinajstić information content (AvgIpc) is 2.39. The van der Waals surface area contributed by atoms with Gasteiger partial charge in [-0.1, -0.05) is 11.6 Å². The first kappa shape index (κ1) is 14.7. The molecule has 0 spiro atoms. The number of thioether (sulfide) groups is 1. The van der Waals surface area contributed by atoms with Crippen LogP contribution in [0.15, 0.2) is 41.3 Å². The maximum absolute atomic E-state index is 13.7. The van der Waals surface area contributed by atoms with Gasteiger partial charge in [0.25, 0.3) is 0 Å². The zero-order valence-corrected chi connectivity index (χ0v) is 12.0. The highest BCUT2D eigenvalue weighted by molar-refractivity contribution is 7.98. The molecule has 0 aliphatic carbocycles. The minimum absolute atomic E-state index is 0.283. The molecule has 6 heteroatoms. The van der Waals surface area contributed by atoms with Gasteiger partial charge in [0.1, 0.15) is 5.82 Å². The van der Waals surface area contributed by atoms with E-state index < -0.39 is 5.91 Å². The summed E-state index contributed by atoms with van der Waals surface area (Å²) in [5.41, 5.74) is 12.2. The Balaban J connectivity index is 2.18. The fraction of sp³-hybridized carbons (Fsp3) is 0.0714. The third-order valence-corrected chi connectivity index (χ3v) is 4.06. The lowest BCUT2D eigenvalue weighted by Gasteiger charge is -2.07. The fourth-order valence-corrected chi connectivity index (χ4v) is 2.75. The summed E-state index contributed by atoms with van der Waals surface area (Å²) in [5, 5.41) is 0.550. The molecule has 2 aromatic carbocycles. The van der Waals surface area contributed by atoms with Crippen molar-refractivity contribution >= 4 is 35.0 Å². The molecule has 2 aromatic rings. The number of halogens is 2. The van der Waals surface area contributed by atoms with E-state index in [9.17, 15) is 9.18 Å². The maximum atomic E-state index is 13.7. The van der Waals surface area contributed by atoms with Crippen molar-refractivity contribution < 1.29 is 9.18 Å². The van der Waals surface area contributed by atoms with Crippen LogP contribution >= 0.6 is 23.4 Å². The Morgan fingerprint density at radius 2 is 2.00 bits per heavy atom. The van der Waals surface area contributed by atoms with Gasteiger partial charge >= 0.3 is 0 Å². The molecule has 0 saturated heterocycles. The van der Waals surface area contributed by atoms with Crippen LogP contribution in [0.25, 0.3) is 0 Å². The summed E-state index contributed by atoms with van der Waals surface area (Å²) in [7, 11) is 0. The molecular formula is C14H12ClFN2OS. The Morgan fingerprint density at radius 3 is 2.65 bits per heavy atom. The van der Waals surface area contributed by atoms with Gasteiger partial charge in [-0.05, 0) is 42.0 Å². The lowest BCUT2D eigenvalue weighted by Crippen LogP contribution is -2.11. The van der Waals surface area contributed by atoms with Crippen LogP contribution in [0.1, 0.15) is 15.9 Å². The summed E-state index contributed by atoms with van der Waals surface area (Å²) in [4.78, 5) is 11.9. The number of hydrogen-bond donors (Lipinski definition) is 2. The van der Waals surface area contributed by atoms with E-state index in [1.165, 1.54) is 30.0 Å². The Morgan fingerprint density at radius 1 is 1.25 bits per heavy atom. The third-order valence-electron chi connectivity index (χ3n) is 2.69. The van der Waals surface area contributed by atoms with Crippen molar-refractivity contribution in [3.8, 4) is 0 Å². The highest BCUT2D eigenvalue weighted by Crippen LogP contribution is 2.30. The molecule has 0 atom stereocenters. The van der Waals surface area contributed by atoms with Crippen LogP contribution in [0.5, 0.6) is 0 Å². The van der Waals surface area contributed by atoms with E-state index in [1.54, 1.807) is 18.2 Å². The summed E-state index contributed by atoms with van der Waals surface area (Å²) in [5.74, 6) is -0.615. The Hall–Kier alpha value is -1.72. The first-order valence-electron chi connectivity index (χ1n) is 5.73. The molecule has 0 heterocycles. The summed E-state index contributed by atoms with van der Waals surface area (Å²) in [6.45, 7) is 0. The van der Waals surface area contributed by atoms with Crippen molar-refractivity contribution in [3.05, 3.63) is 58.4 Å². The quantitative estimate of drug-likeness (QED) is 0.671. The van der Waals surface area contributed by atoms with E-state index in [2.05, 4.69) is 0 Å². The third kappa shape index (κ3) is 3.43. The largest absolute Gasteiger partial charge is 0.398 e. The van der Waals surface area contributed by atoms with Crippen LogP contribution in [-0.2, 0) is 5.75 Å². The minimum atomic E-state index is -0.581. The summed E-state index contributed by atoms with van der Waals surface area (Å²) < 4.78 is 13.7. The lowest BCUT2D eigenvalue weighted by atomic mass is 10.1. The second-order valence-electron chi connectivity index (χ2n) is 4.14. The molecule has 104 valence electrons. The molecule has 0 fully saturated rings. The summed E-state index contributed by atoms with van der Waals surface area (Å²) in [6.07, 6.45) is 0. The molecule has 0 unspecified atom stereocenters.